The van der Waals surface area contributed by atoms with Gasteiger partial charge < -0.3 is 31.0 Å². The van der Waals surface area contributed by atoms with E-state index in [1.807, 2.05) is 0 Å². The number of imidazole rings is 1. The second-order valence-electron chi connectivity index (χ2n) is 5.16. The van der Waals surface area contributed by atoms with Gasteiger partial charge in [0.25, 0.3) is 10.2 Å². The maximum absolute atomic E-state index is 12.3. The number of carbonyl (C=O) groups is 2. The number of nitrogens with one attached hydrogen (secondary N) is 3. The van der Waals surface area contributed by atoms with Crippen LogP contribution in [0.3, 0.4) is 0 Å². The lowest BCUT2D eigenvalue weighted by Crippen LogP contribution is -2.50. The van der Waals surface area contributed by atoms with Crippen molar-refractivity contribution in [3.8, 4) is 0 Å². The molecule has 15 heteroatoms. The summed E-state index contributed by atoms with van der Waals surface area (Å²) in [6.45, 7) is -1.14. The highest BCUT2D eigenvalue weighted by Crippen LogP contribution is 2.01. The van der Waals surface area contributed by atoms with Crippen molar-refractivity contribution < 1.29 is 29.4 Å². The summed E-state index contributed by atoms with van der Waals surface area (Å²) >= 11 is 0. The summed E-state index contributed by atoms with van der Waals surface area (Å²) in [4.78, 5) is 59.5. The van der Waals surface area contributed by atoms with Crippen LogP contribution in [-0.2, 0) is 25.7 Å². The van der Waals surface area contributed by atoms with E-state index in [2.05, 4.69) is 30.3 Å². The molecule has 0 fully saturated rings. The van der Waals surface area contributed by atoms with Crippen LogP contribution < -0.4 is 16.4 Å². The first-order chi connectivity index (χ1) is 12.8. The fourth-order valence-corrected chi connectivity index (χ4v) is 1.95. The molecule has 0 bridgehead atoms. The fraction of sp³-hybridized carbons (Fsp3) is 0.583. The van der Waals surface area contributed by atoms with Crippen LogP contribution in [0.2, 0.25) is 0 Å². The van der Waals surface area contributed by atoms with Crippen LogP contribution in [0.1, 0.15) is 12.1 Å². The molecule has 0 saturated heterocycles. The van der Waals surface area contributed by atoms with Gasteiger partial charge >= 0.3 is 0 Å². The highest BCUT2D eigenvalue weighted by molar-refractivity contribution is 5.87. The van der Waals surface area contributed by atoms with E-state index in [0.29, 0.717) is 5.69 Å². The molecule has 27 heavy (non-hydrogen) atoms. The SMILES string of the molecule is NCCC(=O)N[C@@H](Cc1cnc[nH]1)C(=O)NC[C@@H](CO[N+](=O)[O-])O[N+](=O)[O-]. The van der Waals surface area contributed by atoms with E-state index in [1.165, 1.54) is 12.5 Å². The van der Waals surface area contributed by atoms with Gasteiger partial charge in [0.1, 0.15) is 18.8 Å². The van der Waals surface area contributed by atoms with E-state index in [-0.39, 0.29) is 19.4 Å². The summed E-state index contributed by atoms with van der Waals surface area (Å²) in [5.74, 6) is -1.15. The number of H-pyrrole nitrogens is 1. The van der Waals surface area contributed by atoms with Crippen LogP contribution in [0, 0.1) is 20.2 Å². The van der Waals surface area contributed by atoms with Gasteiger partial charge in [-0.25, -0.2) is 4.98 Å². The predicted octanol–water partition coefficient (Wildman–Crippen LogP) is -2.31. The lowest BCUT2D eigenvalue weighted by molar-refractivity contribution is -0.789. The van der Waals surface area contributed by atoms with Gasteiger partial charge in [-0.15, -0.1) is 20.2 Å². The van der Waals surface area contributed by atoms with Crippen molar-refractivity contribution in [2.45, 2.75) is 25.0 Å². The molecule has 2 atom stereocenters. The number of carbonyl (C=O) groups excluding carboxylic acids is 2. The first-order valence-electron chi connectivity index (χ1n) is 7.64. The average Bonchev–Trinajstić information content (AvgIpc) is 3.09. The first-order valence-corrected chi connectivity index (χ1v) is 7.64. The number of rotatable bonds is 13. The van der Waals surface area contributed by atoms with Gasteiger partial charge in [0.2, 0.25) is 11.8 Å². The number of amides is 2. The minimum atomic E-state index is -1.41. The van der Waals surface area contributed by atoms with Crippen molar-refractivity contribution in [2.75, 3.05) is 19.7 Å². The highest BCUT2D eigenvalue weighted by Gasteiger charge is 2.24. The van der Waals surface area contributed by atoms with Crippen LogP contribution >= 0.6 is 0 Å². The molecule has 2 amide bonds. The third kappa shape index (κ3) is 8.96. The Balaban J connectivity index is 2.69. The maximum atomic E-state index is 12.3. The molecule has 0 aliphatic heterocycles. The molecule has 1 rings (SSSR count). The summed E-state index contributed by atoms with van der Waals surface area (Å²) in [6, 6.07) is -1.03. The van der Waals surface area contributed by atoms with Crippen LogP contribution in [0.25, 0.3) is 0 Å². The summed E-state index contributed by atoms with van der Waals surface area (Å²) in [7, 11) is 0. The third-order valence-corrected chi connectivity index (χ3v) is 3.11. The molecule has 0 radical (unpaired) electrons. The maximum Gasteiger partial charge on any atom is 0.294 e. The molecule has 0 spiro atoms. The molecular weight excluding hydrogens is 370 g/mol. The Hall–Kier alpha value is -3.49. The quantitative estimate of drug-likeness (QED) is 0.208. The Morgan fingerprint density at radius 2 is 2.07 bits per heavy atom. The Bertz CT molecular complexity index is 638. The summed E-state index contributed by atoms with van der Waals surface area (Å²) < 4.78 is 0. The Morgan fingerprint density at radius 3 is 2.63 bits per heavy atom. The Morgan fingerprint density at radius 1 is 1.33 bits per heavy atom. The van der Waals surface area contributed by atoms with Gasteiger partial charge in [-0.05, 0) is 0 Å². The number of hydrogen-bond donors (Lipinski definition) is 4. The lowest BCUT2D eigenvalue weighted by Gasteiger charge is -2.20. The second kappa shape index (κ2) is 11.2. The molecule has 1 aromatic heterocycles. The number of nitrogens with zero attached hydrogens (tertiary/aromatic N) is 3. The minimum Gasteiger partial charge on any atom is -0.352 e. The zero-order valence-corrected chi connectivity index (χ0v) is 14.0. The zero-order valence-electron chi connectivity index (χ0n) is 14.0. The van der Waals surface area contributed by atoms with Crippen LogP contribution in [0.4, 0.5) is 0 Å². The van der Waals surface area contributed by atoms with Gasteiger partial charge in [0.15, 0.2) is 0 Å². The van der Waals surface area contributed by atoms with Crippen molar-refractivity contribution in [3.63, 3.8) is 0 Å². The van der Waals surface area contributed by atoms with Crippen molar-refractivity contribution in [1.82, 2.24) is 20.6 Å². The van der Waals surface area contributed by atoms with E-state index in [1.54, 1.807) is 0 Å². The number of hydrogen-bond acceptors (Lipinski definition) is 10. The van der Waals surface area contributed by atoms with Gasteiger partial charge in [-0.3, -0.25) is 9.59 Å². The molecule has 0 aliphatic rings. The summed E-state index contributed by atoms with van der Waals surface area (Å²) in [5, 5.41) is 23.1. The number of nitrogens with two attached hydrogens (primary N) is 1. The van der Waals surface area contributed by atoms with Gasteiger partial charge in [0.05, 0.1) is 6.33 Å². The largest absolute Gasteiger partial charge is 0.352 e. The van der Waals surface area contributed by atoms with Crippen molar-refractivity contribution >= 4 is 11.8 Å². The number of aromatic amines is 1. The summed E-state index contributed by atoms with van der Waals surface area (Å²) in [6.07, 6.45) is 1.49. The zero-order chi connectivity index (χ0) is 20.2. The topological polar surface area (TPSA) is 218 Å². The molecule has 1 aromatic rings. The van der Waals surface area contributed by atoms with Crippen molar-refractivity contribution in [1.29, 1.82) is 0 Å². The average molecular weight is 389 g/mol. The van der Waals surface area contributed by atoms with E-state index in [9.17, 15) is 29.8 Å². The van der Waals surface area contributed by atoms with Crippen LogP contribution in [-0.4, -0.2) is 63.8 Å². The van der Waals surface area contributed by atoms with E-state index in [4.69, 9.17) is 5.73 Å². The Kier molecular flexibility index (Phi) is 8.93. The highest BCUT2D eigenvalue weighted by atomic mass is 17.0. The van der Waals surface area contributed by atoms with Crippen molar-refractivity contribution in [3.05, 3.63) is 38.4 Å². The minimum absolute atomic E-state index is 0.00348. The third-order valence-electron chi connectivity index (χ3n) is 3.11. The van der Waals surface area contributed by atoms with Crippen molar-refractivity contribution in [2.24, 2.45) is 5.73 Å². The smallest absolute Gasteiger partial charge is 0.294 e. The molecule has 150 valence electrons. The van der Waals surface area contributed by atoms with E-state index >= 15 is 0 Å². The monoisotopic (exact) mass is 389 g/mol. The molecule has 5 N–H and O–H groups in total. The molecule has 0 aliphatic carbocycles. The van der Waals surface area contributed by atoms with E-state index < -0.39 is 47.3 Å². The van der Waals surface area contributed by atoms with Crippen LogP contribution in [0.15, 0.2) is 12.5 Å². The van der Waals surface area contributed by atoms with Gasteiger partial charge in [-0.2, -0.15) is 0 Å². The number of aromatic nitrogens is 2. The molecule has 0 unspecified atom stereocenters. The van der Waals surface area contributed by atoms with Gasteiger partial charge in [-0.1, -0.05) is 0 Å². The molecule has 15 nitrogen and oxygen atoms in total. The molecule has 0 aromatic carbocycles. The molecule has 1 heterocycles. The standard InChI is InChI=1S/C12H19N7O8/c13-2-1-11(20)17-10(3-8-4-14-7-16-8)12(21)15-5-9(27-19(24)25)6-26-18(22)23/h4,7,9-10H,1-3,5-6,13H2,(H,14,16)(H,15,21)(H,17,20)/t9-,10-/m0/s1. The molecular formula is C12H19N7O8. The normalized spacial score (nSPS) is 12.5. The second-order valence-corrected chi connectivity index (χ2v) is 5.16. The Labute approximate surface area is 151 Å². The summed E-state index contributed by atoms with van der Waals surface area (Å²) in [5.41, 5.74) is 5.85. The van der Waals surface area contributed by atoms with Gasteiger partial charge in [0, 0.05) is 37.8 Å². The van der Waals surface area contributed by atoms with E-state index in [0.717, 1.165) is 0 Å². The first kappa shape index (κ1) is 21.6. The lowest BCUT2D eigenvalue weighted by atomic mass is 10.1. The predicted molar refractivity (Wildman–Crippen MR) is 85.7 cm³/mol. The van der Waals surface area contributed by atoms with Crippen LogP contribution in [0.5, 0.6) is 0 Å². The molecule has 0 saturated carbocycles. The fourth-order valence-electron chi connectivity index (χ4n) is 1.95.